The standard InChI is InChI=1S/Be.2N3/c;2*1-3-2/q+2;2*-1. The van der Waals surface area contributed by atoms with E-state index >= 15 is 0 Å². The molecule has 0 saturated heterocycles. The van der Waals surface area contributed by atoms with Crippen LogP contribution < -0.4 is 0 Å². The van der Waals surface area contributed by atoms with Gasteiger partial charge in [0.05, 0.1) is 0 Å². The van der Waals surface area contributed by atoms with Gasteiger partial charge in [-0.15, -0.1) is 0 Å². The summed E-state index contributed by atoms with van der Waals surface area (Å²) >= 11 is 0. The molecule has 0 N–H and O–H groups in total. The molecule has 0 unspecified atom stereocenters. The van der Waals surface area contributed by atoms with Gasteiger partial charge in [0.25, 0.3) is 0 Å². The van der Waals surface area contributed by atoms with Gasteiger partial charge >= 0.3 is 10.1 Å². The molecule has 0 saturated carbocycles. The molecule has 0 amide bonds. The third kappa shape index (κ3) is 25.4. The fourth-order valence-corrected chi connectivity index (χ4v) is 0. The minimum Gasteiger partial charge on any atom is -0.373 e. The molecule has 0 rings (SSSR count). The number of rotatable bonds is 0. The van der Waals surface area contributed by atoms with Gasteiger partial charge in [-0.05, 0) is 0 Å². The van der Waals surface area contributed by atoms with Gasteiger partial charge in [0.15, 0.2) is 0 Å². The molecule has 0 aromatic heterocycles. The maximum atomic E-state index is 6.75. The van der Waals surface area contributed by atoms with Crippen LogP contribution in [-0.2, 0) is 0 Å². The van der Waals surface area contributed by atoms with Crippen LogP contribution in [0.15, 0.2) is 0 Å². The monoisotopic (exact) mass is 93.0 g/mol. The van der Waals surface area contributed by atoms with E-state index in [2.05, 4.69) is 0 Å². The van der Waals surface area contributed by atoms with Gasteiger partial charge in [0.2, 0.25) is 0 Å². The molecular weight excluding hydrogens is 93.1 g/mol. The number of hydrogen-bond acceptors (Lipinski definition) is 0. The van der Waals surface area contributed by atoms with Crippen LogP contribution >= 0.6 is 0 Å². The SMILES string of the molecule is [Be+2].[N-]=[N+]=[N-].[N-]=[N+]=[N-]. The van der Waals surface area contributed by atoms with Crippen LogP contribution in [0.25, 0.3) is 31.9 Å². The summed E-state index contributed by atoms with van der Waals surface area (Å²) in [6.07, 6.45) is 0. The summed E-state index contributed by atoms with van der Waals surface area (Å²) in [6, 6.07) is 0. The molecule has 0 aromatic carbocycles. The zero-order valence-corrected chi connectivity index (χ0v) is 3.39. The molecule has 0 aromatic rings. The van der Waals surface area contributed by atoms with E-state index in [9.17, 15) is 0 Å². The third-order valence-electron chi connectivity index (χ3n) is 0. The van der Waals surface area contributed by atoms with Crippen molar-refractivity contribution in [3.8, 4) is 0 Å². The van der Waals surface area contributed by atoms with E-state index < -0.39 is 0 Å². The van der Waals surface area contributed by atoms with Crippen molar-refractivity contribution in [2.45, 2.75) is 0 Å². The first-order chi connectivity index (χ1) is 2.83. The van der Waals surface area contributed by atoms with Gasteiger partial charge in [-0.3, -0.25) is 9.82 Å². The first-order valence-electron chi connectivity index (χ1n) is 0.800. The molecule has 0 radical (unpaired) electrons. The molecule has 0 fully saturated rings. The molecule has 0 aliphatic rings. The van der Waals surface area contributed by atoms with E-state index in [1.165, 1.54) is 9.82 Å². The molecule has 0 spiro atoms. The van der Waals surface area contributed by atoms with Crippen LogP contribution in [0.5, 0.6) is 0 Å². The average Bonchev–Trinajstić information content (AvgIpc) is 1.39. The topological polar surface area (TPSA) is 117 Å². The van der Waals surface area contributed by atoms with Crippen LogP contribution in [0.1, 0.15) is 0 Å². The summed E-state index contributed by atoms with van der Waals surface area (Å²) in [5.41, 5.74) is 27.0. The maximum absolute atomic E-state index is 6.75. The fraction of sp³-hybridized carbons (Fsp3) is 0. The Morgan fingerprint density at radius 1 is 0.714 bits per heavy atom. The van der Waals surface area contributed by atoms with E-state index in [4.69, 9.17) is 22.1 Å². The van der Waals surface area contributed by atoms with E-state index in [1.807, 2.05) is 0 Å². The van der Waals surface area contributed by atoms with Crippen molar-refractivity contribution in [3.63, 3.8) is 0 Å². The molecular formula is BeN6. The van der Waals surface area contributed by atoms with Crippen molar-refractivity contribution in [1.82, 2.24) is 0 Å². The van der Waals surface area contributed by atoms with Crippen LogP contribution in [0.2, 0.25) is 0 Å². The molecule has 7 heavy (non-hydrogen) atoms. The third-order valence-corrected chi connectivity index (χ3v) is 0. The molecule has 0 aliphatic heterocycles. The first-order valence-corrected chi connectivity index (χ1v) is 0.800. The number of hydrogen-bond donors (Lipinski definition) is 0. The Morgan fingerprint density at radius 3 is 0.714 bits per heavy atom. The second kappa shape index (κ2) is 110. The smallest absolute Gasteiger partial charge is 0.373 e. The zero-order chi connectivity index (χ0) is 5.41. The van der Waals surface area contributed by atoms with Crippen molar-refractivity contribution < 1.29 is 0 Å². The Balaban J connectivity index is -0.0000000400. The van der Waals surface area contributed by atoms with Crippen molar-refractivity contribution in [2.24, 2.45) is 0 Å². The molecule has 0 heterocycles. The summed E-state index contributed by atoms with van der Waals surface area (Å²) < 4.78 is 0. The van der Waals surface area contributed by atoms with Crippen molar-refractivity contribution >= 4 is 10.1 Å². The van der Waals surface area contributed by atoms with E-state index in [1.54, 1.807) is 0 Å². The Kier molecular flexibility index (Phi) is 269. The normalized spacial score (nSPS) is 2.29. The van der Waals surface area contributed by atoms with E-state index in [-0.39, 0.29) is 10.1 Å². The molecule has 0 bridgehead atoms. The summed E-state index contributed by atoms with van der Waals surface area (Å²) in [4.78, 5) is 3.00. The summed E-state index contributed by atoms with van der Waals surface area (Å²) in [5.74, 6) is 0. The van der Waals surface area contributed by atoms with Crippen LogP contribution in [0.3, 0.4) is 0 Å². The second-order valence-electron chi connectivity index (χ2n) is 0.179. The maximum Gasteiger partial charge on any atom is 2.00 e. The Bertz CT molecular complexity index is 58.2. The van der Waals surface area contributed by atoms with Gasteiger partial charge < -0.3 is 22.1 Å². The average molecular weight is 93.1 g/mol. The molecule has 0 atom stereocenters. The Morgan fingerprint density at radius 2 is 0.714 bits per heavy atom. The van der Waals surface area contributed by atoms with E-state index in [0.29, 0.717) is 0 Å². The van der Waals surface area contributed by atoms with Gasteiger partial charge in [0, 0.05) is 0 Å². The zero-order valence-electron chi connectivity index (χ0n) is 3.39. The second-order valence-corrected chi connectivity index (χ2v) is 0.179. The van der Waals surface area contributed by atoms with Gasteiger partial charge in [-0.1, -0.05) is 0 Å². The van der Waals surface area contributed by atoms with Gasteiger partial charge in [-0.25, -0.2) is 0 Å². The quantitative estimate of drug-likeness (QED) is 0.186. The molecule has 0 aliphatic carbocycles. The predicted octanol–water partition coefficient (Wildman–Crippen LogP) is 1.35. The van der Waals surface area contributed by atoms with Gasteiger partial charge in [0.1, 0.15) is 0 Å². The van der Waals surface area contributed by atoms with Crippen molar-refractivity contribution in [3.05, 3.63) is 31.9 Å². The largest absolute Gasteiger partial charge is 2.00 e. The summed E-state index contributed by atoms with van der Waals surface area (Å²) in [7, 11) is 0. The van der Waals surface area contributed by atoms with Gasteiger partial charge in [-0.2, -0.15) is 0 Å². The Labute approximate surface area is 43.2 Å². The minimum absolute atomic E-state index is 0. The predicted molar refractivity (Wildman–Crippen MR) is 25.9 cm³/mol. The minimum atomic E-state index is 0. The first kappa shape index (κ1) is 17.1. The Hall–Kier alpha value is -1.21. The van der Waals surface area contributed by atoms with Crippen LogP contribution in [0.4, 0.5) is 0 Å². The molecule has 6 nitrogen and oxygen atoms in total. The van der Waals surface area contributed by atoms with Crippen LogP contribution in [0, 0.1) is 0 Å². The summed E-state index contributed by atoms with van der Waals surface area (Å²) in [5, 5.41) is 0. The number of nitrogens with zero attached hydrogens (tertiary/aromatic N) is 6. The summed E-state index contributed by atoms with van der Waals surface area (Å²) in [6.45, 7) is 0. The fourth-order valence-electron chi connectivity index (χ4n) is 0. The molecule has 7 heteroatoms. The van der Waals surface area contributed by atoms with Crippen molar-refractivity contribution in [2.75, 3.05) is 0 Å². The molecule has 32 valence electrons. The van der Waals surface area contributed by atoms with Crippen LogP contribution in [-0.4, -0.2) is 10.1 Å². The van der Waals surface area contributed by atoms with E-state index in [0.717, 1.165) is 0 Å². The van der Waals surface area contributed by atoms with Crippen molar-refractivity contribution in [1.29, 1.82) is 0 Å².